The van der Waals surface area contributed by atoms with Crippen molar-refractivity contribution in [3.63, 3.8) is 0 Å². The minimum absolute atomic E-state index is 0.841. The van der Waals surface area contributed by atoms with Crippen LogP contribution in [0.1, 0.15) is 5.56 Å². The number of hydrogen-bond acceptors (Lipinski definition) is 5. The lowest BCUT2D eigenvalue weighted by Crippen LogP contribution is -2.47. The highest BCUT2D eigenvalue weighted by molar-refractivity contribution is 5.87. The van der Waals surface area contributed by atoms with Gasteiger partial charge < -0.3 is 9.64 Å². The second-order valence-electron chi connectivity index (χ2n) is 6.59. The molecule has 1 aliphatic rings. The number of aromatic nitrogens is 2. The van der Waals surface area contributed by atoms with Crippen molar-refractivity contribution in [1.29, 1.82) is 0 Å². The molecule has 0 amide bonds. The van der Waals surface area contributed by atoms with Crippen LogP contribution in [0.3, 0.4) is 0 Å². The summed E-state index contributed by atoms with van der Waals surface area (Å²) >= 11 is 0. The van der Waals surface area contributed by atoms with Crippen LogP contribution in [0.15, 0.2) is 54.9 Å². The van der Waals surface area contributed by atoms with Gasteiger partial charge in [-0.2, -0.15) is 0 Å². The van der Waals surface area contributed by atoms with E-state index in [2.05, 4.69) is 44.0 Å². The van der Waals surface area contributed by atoms with Crippen LogP contribution in [0.25, 0.3) is 10.9 Å². The molecule has 134 valence electrons. The monoisotopic (exact) mass is 348 g/mol. The van der Waals surface area contributed by atoms with Crippen LogP contribution in [0.2, 0.25) is 0 Å². The van der Waals surface area contributed by atoms with E-state index >= 15 is 0 Å². The molecule has 0 bridgehead atoms. The number of methoxy groups -OCH3 is 1. The second-order valence-corrected chi connectivity index (χ2v) is 6.59. The third kappa shape index (κ3) is 3.48. The molecule has 0 unspecified atom stereocenters. The summed E-state index contributed by atoms with van der Waals surface area (Å²) in [6.07, 6.45) is 4.71. The maximum atomic E-state index is 5.45. The van der Waals surface area contributed by atoms with Gasteiger partial charge in [-0.25, -0.2) is 4.98 Å². The van der Waals surface area contributed by atoms with Gasteiger partial charge in [0.15, 0.2) is 0 Å². The number of piperazine rings is 1. The number of nitrogens with zero attached hydrogens (tertiary/aromatic N) is 4. The van der Waals surface area contributed by atoms with Crippen molar-refractivity contribution >= 4 is 16.7 Å². The van der Waals surface area contributed by atoms with E-state index in [-0.39, 0.29) is 0 Å². The topological polar surface area (TPSA) is 41.5 Å². The number of hydrogen-bond donors (Lipinski definition) is 0. The average Bonchev–Trinajstić information content (AvgIpc) is 2.73. The van der Waals surface area contributed by atoms with Crippen molar-refractivity contribution < 1.29 is 4.74 Å². The molecular formula is C21H24N4O. The maximum absolute atomic E-state index is 5.45. The lowest BCUT2D eigenvalue weighted by molar-refractivity contribution is 0.260. The Morgan fingerprint density at radius 1 is 0.923 bits per heavy atom. The van der Waals surface area contributed by atoms with Crippen molar-refractivity contribution in [2.75, 3.05) is 44.7 Å². The Morgan fingerprint density at radius 2 is 1.77 bits per heavy atom. The summed E-state index contributed by atoms with van der Waals surface area (Å²) < 4.78 is 5.45. The molecule has 0 atom stereocenters. The zero-order valence-electron chi connectivity index (χ0n) is 15.1. The van der Waals surface area contributed by atoms with Gasteiger partial charge >= 0.3 is 0 Å². The molecule has 1 fully saturated rings. The van der Waals surface area contributed by atoms with Crippen LogP contribution >= 0.6 is 0 Å². The molecular weight excluding hydrogens is 324 g/mol. The van der Waals surface area contributed by atoms with Crippen molar-refractivity contribution in [1.82, 2.24) is 14.9 Å². The summed E-state index contributed by atoms with van der Waals surface area (Å²) in [6.45, 7) is 5.27. The van der Waals surface area contributed by atoms with Gasteiger partial charge in [0.1, 0.15) is 17.1 Å². The minimum Gasteiger partial charge on any atom is -0.494 e. The molecule has 0 N–H and O–H groups in total. The number of anilines is 1. The van der Waals surface area contributed by atoms with Crippen molar-refractivity contribution in [3.05, 3.63) is 60.4 Å². The van der Waals surface area contributed by atoms with Gasteiger partial charge in [-0.15, -0.1) is 0 Å². The Balaban J connectivity index is 1.39. The molecule has 5 nitrogen and oxygen atoms in total. The summed E-state index contributed by atoms with van der Waals surface area (Å²) in [7, 11) is 1.70. The van der Waals surface area contributed by atoms with Crippen molar-refractivity contribution in [2.45, 2.75) is 6.42 Å². The summed E-state index contributed by atoms with van der Waals surface area (Å²) in [5.74, 6) is 1.92. The first kappa shape index (κ1) is 16.8. The standard InChI is InChI=1S/C21H24N4O/c1-26-19-8-7-17(18-5-4-11-23-21(18)19)9-12-24-13-15-25(16-14-24)20-6-2-3-10-22-20/h2-8,10-11H,9,12-16H2,1H3. The minimum atomic E-state index is 0.841. The molecule has 5 heteroatoms. The Kier molecular flexibility index (Phi) is 4.97. The highest BCUT2D eigenvalue weighted by atomic mass is 16.5. The Bertz CT molecular complexity index is 860. The molecule has 3 aromatic rings. The van der Waals surface area contributed by atoms with Crippen LogP contribution in [0.5, 0.6) is 5.75 Å². The van der Waals surface area contributed by atoms with Gasteiger partial charge in [-0.1, -0.05) is 18.2 Å². The molecule has 2 aromatic heterocycles. The fourth-order valence-corrected chi connectivity index (χ4v) is 3.61. The zero-order valence-corrected chi connectivity index (χ0v) is 15.1. The van der Waals surface area contributed by atoms with E-state index in [1.165, 1.54) is 10.9 Å². The molecule has 0 radical (unpaired) electrons. The summed E-state index contributed by atoms with van der Waals surface area (Å²) in [5, 5.41) is 1.19. The van der Waals surface area contributed by atoms with Gasteiger partial charge in [0.25, 0.3) is 0 Å². The number of pyridine rings is 2. The van der Waals surface area contributed by atoms with E-state index in [0.29, 0.717) is 0 Å². The first-order valence-corrected chi connectivity index (χ1v) is 9.14. The Morgan fingerprint density at radius 3 is 2.54 bits per heavy atom. The van der Waals surface area contributed by atoms with E-state index in [1.807, 2.05) is 30.6 Å². The van der Waals surface area contributed by atoms with Crippen molar-refractivity contribution in [3.8, 4) is 5.75 Å². The van der Waals surface area contributed by atoms with Crippen molar-refractivity contribution in [2.24, 2.45) is 0 Å². The first-order chi connectivity index (χ1) is 12.8. The third-order valence-electron chi connectivity index (χ3n) is 5.09. The molecule has 3 heterocycles. The summed E-state index contributed by atoms with van der Waals surface area (Å²) in [5.41, 5.74) is 2.29. The van der Waals surface area contributed by atoms with E-state index in [0.717, 1.165) is 56.2 Å². The smallest absolute Gasteiger partial charge is 0.145 e. The molecule has 1 saturated heterocycles. The van der Waals surface area contributed by atoms with Crippen LogP contribution in [0.4, 0.5) is 5.82 Å². The molecule has 0 spiro atoms. The van der Waals surface area contributed by atoms with Gasteiger partial charge in [0.2, 0.25) is 0 Å². The SMILES string of the molecule is COc1ccc(CCN2CCN(c3ccccn3)CC2)c2cccnc12. The highest BCUT2D eigenvalue weighted by Gasteiger charge is 2.18. The summed E-state index contributed by atoms with van der Waals surface area (Å²) in [4.78, 5) is 13.9. The zero-order chi connectivity index (χ0) is 17.8. The van der Waals surface area contributed by atoms with Crippen LogP contribution < -0.4 is 9.64 Å². The fraction of sp³-hybridized carbons (Fsp3) is 0.333. The van der Waals surface area contributed by atoms with E-state index in [4.69, 9.17) is 4.74 Å². The Hall–Kier alpha value is -2.66. The molecule has 0 aliphatic carbocycles. The van der Waals surface area contributed by atoms with Crippen LogP contribution in [0, 0.1) is 0 Å². The van der Waals surface area contributed by atoms with E-state index in [9.17, 15) is 0 Å². The number of benzene rings is 1. The number of fused-ring (bicyclic) bond motifs is 1. The van der Waals surface area contributed by atoms with Gasteiger partial charge in [-0.3, -0.25) is 9.88 Å². The Labute approximate surface area is 154 Å². The molecule has 0 saturated carbocycles. The highest BCUT2D eigenvalue weighted by Crippen LogP contribution is 2.27. The first-order valence-electron chi connectivity index (χ1n) is 9.14. The number of ether oxygens (including phenoxy) is 1. The lowest BCUT2D eigenvalue weighted by atomic mass is 10.0. The second kappa shape index (κ2) is 7.70. The quantitative estimate of drug-likeness (QED) is 0.709. The average molecular weight is 348 g/mol. The van der Waals surface area contributed by atoms with E-state index < -0.39 is 0 Å². The summed E-state index contributed by atoms with van der Waals surface area (Å²) in [6, 6.07) is 14.4. The third-order valence-corrected chi connectivity index (χ3v) is 5.09. The van der Waals surface area contributed by atoms with Gasteiger partial charge in [-0.05, 0) is 36.2 Å². The predicted molar refractivity (Wildman–Crippen MR) is 105 cm³/mol. The van der Waals surface area contributed by atoms with Crippen LogP contribution in [-0.4, -0.2) is 54.7 Å². The molecule has 1 aliphatic heterocycles. The van der Waals surface area contributed by atoms with Gasteiger partial charge in [0, 0.05) is 50.5 Å². The lowest BCUT2D eigenvalue weighted by Gasteiger charge is -2.35. The van der Waals surface area contributed by atoms with Crippen LogP contribution in [-0.2, 0) is 6.42 Å². The predicted octanol–water partition coefficient (Wildman–Crippen LogP) is 3.00. The van der Waals surface area contributed by atoms with Gasteiger partial charge in [0.05, 0.1) is 7.11 Å². The maximum Gasteiger partial charge on any atom is 0.145 e. The molecule has 26 heavy (non-hydrogen) atoms. The van der Waals surface area contributed by atoms with E-state index in [1.54, 1.807) is 7.11 Å². The fourth-order valence-electron chi connectivity index (χ4n) is 3.61. The number of rotatable bonds is 5. The largest absolute Gasteiger partial charge is 0.494 e. The molecule has 1 aromatic carbocycles. The molecule has 4 rings (SSSR count). The normalized spacial score (nSPS) is 15.3.